The van der Waals surface area contributed by atoms with Crippen molar-refractivity contribution in [1.29, 1.82) is 0 Å². The highest BCUT2D eigenvalue weighted by Crippen LogP contribution is 2.49. The van der Waals surface area contributed by atoms with Crippen LogP contribution in [0.15, 0.2) is 30.3 Å². The van der Waals surface area contributed by atoms with Gasteiger partial charge in [-0.2, -0.15) is 8.78 Å². The third kappa shape index (κ3) is 4.05. The summed E-state index contributed by atoms with van der Waals surface area (Å²) in [5, 5.41) is 0. The van der Waals surface area contributed by atoms with Gasteiger partial charge in [-0.3, -0.25) is 0 Å². The summed E-state index contributed by atoms with van der Waals surface area (Å²) in [6.07, 6.45) is 6.05. The second-order valence-corrected chi connectivity index (χ2v) is 7.83. The fourth-order valence-corrected chi connectivity index (χ4v) is 5.03. The van der Waals surface area contributed by atoms with Gasteiger partial charge in [-0.05, 0) is 55.4 Å². The Kier molecular flexibility index (Phi) is 6.08. The van der Waals surface area contributed by atoms with Gasteiger partial charge >= 0.3 is 6.61 Å². The molecule has 1 aromatic rings. The molecule has 1 aromatic carbocycles. The van der Waals surface area contributed by atoms with Crippen molar-refractivity contribution in [2.45, 2.75) is 76.7 Å². The van der Waals surface area contributed by atoms with Gasteiger partial charge in [0.05, 0.1) is 0 Å². The zero-order valence-corrected chi connectivity index (χ0v) is 15.0. The number of rotatable bonds is 5. The Balaban J connectivity index is 1.72. The number of hydrogen-bond acceptors (Lipinski definition) is 1. The van der Waals surface area contributed by atoms with Crippen molar-refractivity contribution in [3.63, 3.8) is 0 Å². The molecule has 0 radical (unpaired) electrons. The average Bonchev–Trinajstić information content (AvgIpc) is 2.64. The quantitative estimate of drug-likeness (QED) is 0.588. The van der Waals surface area contributed by atoms with Crippen molar-refractivity contribution >= 4 is 0 Å². The lowest BCUT2D eigenvalue weighted by Gasteiger charge is -2.45. The standard InChI is InChI=1S/C21H29F3O/c1-2-15-8-10-16(11-9-15)17-12-13-21(19(22)14-17,25-20(23)24)18-6-4-3-5-7-18/h3-7,15-17,19-20H,2,8-14H2,1H3. The zero-order chi connectivity index (χ0) is 17.9. The molecule has 0 bridgehead atoms. The lowest BCUT2D eigenvalue weighted by molar-refractivity contribution is -0.249. The van der Waals surface area contributed by atoms with Crippen LogP contribution in [0.2, 0.25) is 0 Å². The van der Waals surface area contributed by atoms with E-state index < -0.39 is 18.4 Å². The minimum Gasteiger partial charge on any atom is -0.308 e. The molecule has 3 atom stereocenters. The lowest BCUT2D eigenvalue weighted by Crippen LogP contribution is -2.47. The van der Waals surface area contributed by atoms with Gasteiger partial charge in [0, 0.05) is 0 Å². The SMILES string of the molecule is CCC1CCC(C2CCC(OC(F)F)(c3ccccc3)C(F)C2)CC1. The molecule has 2 aliphatic carbocycles. The van der Waals surface area contributed by atoms with E-state index in [-0.39, 0.29) is 0 Å². The second kappa shape index (κ2) is 8.11. The number of halogens is 3. The van der Waals surface area contributed by atoms with Crippen LogP contribution < -0.4 is 0 Å². The maximum atomic E-state index is 15.2. The third-order valence-electron chi connectivity index (χ3n) is 6.60. The number of ether oxygens (including phenoxy) is 1. The molecular weight excluding hydrogens is 325 g/mol. The molecule has 3 rings (SSSR count). The van der Waals surface area contributed by atoms with Crippen molar-refractivity contribution in [3.05, 3.63) is 35.9 Å². The Bertz CT molecular complexity index is 527. The number of benzene rings is 1. The van der Waals surface area contributed by atoms with Gasteiger partial charge in [0.15, 0.2) is 0 Å². The molecule has 2 aliphatic rings. The molecular formula is C21H29F3O. The molecule has 2 fully saturated rings. The molecule has 4 heteroatoms. The summed E-state index contributed by atoms with van der Waals surface area (Å²) in [5.41, 5.74) is -0.956. The van der Waals surface area contributed by atoms with Crippen LogP contribution in [-0.4, -0.2) is 12.8 Å². The predicted octanol–water partition coefficient (Wildman–Crippen LogP) is 6.48. The maximum absolute atomic E-state index is 15.2. The van der Waals surface area contributed by atoms with E-state index in [1.807, 2.05) is 6.07 Å². The summed E-state index contributed by atoms with van der Waals surface area (Å²) in [4.78, 5) is 0. The highest BCUT2D eigenvalue weighted by atomic mass is 19.3. The summed E-state index contributed by atoms with van der Waals surface area (Å²) < 4.78 is 46.3. The Morgan fingerprint density at radius 3 is 2.28 bits per heavy atom. The Morgan fingerprint density at radius 2 is 1.72 bits per heavy atom. The molecule has 0 saturated heterocycles. The van der Waals surface area contributed by atoms with E-state index in [1.54, 1.807) is 24.3 Å². The normalized spacial score (nSPS) is 36.5. The maximum Gasteiger partial charge on any atom is 0.346 e. The van der Waals surface area contributed by atoms with Crippen molar-refractivity contribution in [1.82, 2.24) is 0 Å². The summed E-state index contributed by atoms with van der Waals surface area (Å²) in [5.74, 6) is 1.65. The van der Waals surface area contributed by atoms with E-state index in [0.717, 1.165) is 25.2 Å². The van der Waals surface area contributed by atoms with E-state index in [2.05, 4.69) is 6.92 Å². The first kappa shape index (κ1) is 18.8. The lowest BCUT2D eigenvalue weighted by atomic mass is 9.66. The summed E-state index contributed by atoms with van der Waals surface area (Å²) >= 11 is 0. The van der Waals surface area contributed by atoms with Crippen LogP contribution in [0.25, 0.3) is 0 Å². The van der Waals surface area contributed by atoms with Crippen molar-refractivity contribution in [2.75, 3.05) is 0 Å². The minimum absolute atomic E-state index is 0.297. The van der Waals surface area contributed by atoms with Gasteiger partial charge in [0.2, 0.25) is 0 Å². The van der Waals surface area contributed by atoms with Crippen LogP contribution >= 0.6 is 0 Å². The van der Waals surface area contributed by atoms with Crippen molar-refractivity contribution < 1.29 is 17.9 Å². The van der Waals surface area contributed by atoms with Gasteiger partial charge in [-0.15, -0.1) is 0 Å². The first-order valence-electron chi connectivity index (χ1n) is 9.70. The largest absolute Gasteiger partial charge is 0.346 e. The first-order chi connectivity index (χ1) is 12.0. The molecule has 2 saturated carbocycles. The fourth-order valence-electron chi connectivity index (χ4n) is 5.03. The monoisotopic (exact) mass is 354 g/mol. The molecule has 0 spiro atoms. The number of hydrogen-bond donors (Lipinski definition) is 0. The minimum atomic E-state index is -2.96. The molecule has 0 N–H and O–H groups in total. The number of alkyl halides is 3. The van der Waals surface area contributed by atoms with Crippen LogP contribution in [0.3, 0.4) is 0 Å². The molecule has 0 amide bonds. The van der Waals surface area contributed by atoms with Gasteiger partial charge in [0.1, 0.15) is 11.8 Å². The van der Waals surface area contributed by atoms with Crippen LogP contribution in [0.1, 0.15) is 63.9 Å². The Hall–Kier alpha value is -1.03. The van der Waals surface area contributed by atoms with Gasteiger partial charge in [-0.1, -0.05) is 56.5 Å². The highest BCUT2D eigenvalue weighted by Gasteiger charge is 2.49. The van der Waals surface area contributed by atoms with Gasteiger partial charge < -0.3 is 4.74 Å². The van der Waals surface area contributed by atoms with Crippen LogP contribution in [-0.2, 0) is 10.3 Å². The summed E-state index contributed by atoms with van der Waals surface area (Å²) in [7, 11) is 0. The zero-order valence-electron chi connectivity index (χ0n) is 15.0. The molecule has 0 aromatic heterocycles. The fraction of sp³-hybridized carbons (Fsp3) is 0.714. The van der Waals surface area contributed by atoms with Gasteiger partial charge in [-0.25, -0.2) is 4.39 Å². The van der Waals surface area contributed by atoms with Crippen molar-refractivity contribution in [2.24, 2.45) is 17.8 Å². The third-order valence-corrected chi connectivity index (χ3v) is 6.60. The van der Waals surface area contributed by atoms with Gasteiger partial charge in [0.25, 0.3) is 0 Å². The van der Waals surface area contributed by atoms with E-state index in [4.69, 9.17) is 4.74 Å². The van der Waals surface area contributed by atoms with Crippen LogP contribution in [0.5, 0.6) is 0 Å². The first-order valence-corrected chi connectivity index (χ1v) is 9.70. The Labute approximate surface area is 149 Å². The summed E-state index contributed by atoms with van der Waals surface area (Å²) in [6, 6.07) is 8.75. The van der Waals surface area contributed by atoms with Crippen LogP contribution in [0, 0.1) is 17.8 Å². The second-order valence-electron chi connectivity index (χ2n) is 7.83. The highest BCUT2D eigenvalue weighted by molar-refractivity contribution is 5.25. The van der Waals surface area contributed by atoms with E-state index in [9.17, 15) is 8.78 Å². The molecule has 1 nitrogen and oxygen atoms in total. The smallest absolute Gasteiger partial charge is 0.308 e. The predicted molar refractivity (Wildman–Crippen MR) is 93.2 cm³/mol. The van der Waals surface area contributed by atoms with E-state index in [0.29, 0.717) is 30.2 Å². The molecule has 3 unspecified atom stereocenters. The molecule has 140 valence electrons. The summed E-state index contributed by atoms with van der Waals surface area (Å²) in [6.45, 7) is -0.728. The van der Waals surface area contributed by atoms with Crippen molar-refractivity contribution in [3.8, 4) is 0 Å². The Morgan fingerprint density at radius 1 is 1.04 bits per heavy atom. The molecule has 25 heavy (non-hydrogen) atoms. The molecule has 0 aliphatic heterocycles. The van der Waals surface area contributed by atoms with Crippen LogP contribution in [0.4, 0.5) is 13.2 Å². The average molecular weight is 354 g/mol. The topological polar surface area (TPSA) is 9.23 Å². The van der Waals surface area contributed by atoms with E-state index >= 15 is 4.39 Å². The van der Waals surface area contributed by atoms with E-state index in [1.165, 1.54) is 19.3 Å². The molecule has 0 heterocycles.